The maximum atomic E-state index is 12.4. The molecule has 1 atom stereocenters. The van der Waals surface area contributed by atoms with E-state index in [1.165, 1.54) is 0 Å². The fourth-order valence-electron chi connectivity index (χ4n) is 2.00. The molecule has 0 bridgehead atoms. The summed E-state index contributed by atoms with van der Waals surface area (Å²) in [6.45, 7) is 4.09. The van der Waals surface area contributed by atoms with Gasteiger partial charge in [-0.25, -0.2) is 8.42 Å². The van der Waals surface area contributed by atoms with E-state index >= 15 is 0 Å². The molecule has 1 aromatic carbocycles. The highest BCUT2D eigenvalue weighted by Gasteiger charge is 2.24. The molecular weight excluding hydrogens is 278 g/mol. The first-order valence-electron chi connectivity index (χ1n) is 6.80. The van der Waals surface area contributed by atoms with Gasteiger partial charge in [0, 0.05) is 4.90 Å². The first-order valence-corrected chi connectivity index (χ1v) is 8.80. The molecule has 1 N–H and O–H groups in total. The van der Waals surface area contributed by atoms with Crippen LogP contribution in [0.25, 0.3) is 0 Å². The van der Waals surface area contributed by atoms with Gasteiger partial charge in [-0.15, -0.1) is 12.6 Å². The summed E-state index contributed by atoms with van der Waals surface area (Å²) in [4.78, 5) is 0.650. The molecular formula is C14H23NO2S2. The maximum Gasteiger partial charge on any atom is 0.235 e. The summed E-state index contributed by atoms with van der Waals surface area (Å²) in [6.07, 6.45) is 4.24. The Morgan fingerprint density at radius 3 is 2.42 bits per heavy atom. The van der Waals surface area contributed by atoms with E-state index in [1.807, 2.05) is 13.0 Å². The summed E-state index contributed by atoms with van der Waals surface area (Å²) in [6, 6.07) is 7.16. The fraction of sp³-hybridized carbons (Fsp3) is 0.571. The van der Waals surface area contributed by atoms with Gasteiger partial charge in [0.15, 0.2) is 0 Å². The molecule has 0 heterocycles. The number of hydrogen-bond donors (Lipinski definition) is 2. The van der Waals surface area contributed by atoms with E-state index in [1.54, 1.807) is 18.2 Å². The minimum atomic E-state index is -3.33. The van der Waals surface area contributed by atoms with E-state index in [-0.39, 0.29) is 5.25 Å². The summed E-state index contributed by atoms with van der Waals surface area (Å²) in [5.41, 5.74) is 0.559. The lowest BCUT2D eigenvalue weighted by Gasteiger charge is -2.18. The van der Waals surface area contributed by atoms with Crippen LogP contribution >= 0.6 is 12.6 Å². The van der Waals surface area contributed by atoms with Crippen LogP contribution in [0.15, 0.2) is 29.2 Å². The van der Waals surface area contributed by atoms with Gasteiger partial charge in [-0.05, 0) is 25.0 Å². The minimum absolute atomic E-state index is 0.314. The molecule has 0 aliphatic rings. The van der Waals surface area contributed by atoms with Crippen LogP contribution in [0.4, 0.5) is 5.69 Å². The Hall–Kier alpha value is -0.680. The zero-order chi connectivity index (χ0) is 14.3. The second kappa shape index (κ2) is 7.80. The van der Waals surface area contributed by atoms with Crippen molar-refractivity contribution in [3.05, 3.63) is 24.3 Å². The highest BCUT2D eigenvalue weighted by molar-refractivity contribution is 7.93. The Bertz CT molecular complexity index is 486. The SMILES string of the molecule is CCCCC(CCC)S(=O)(=O)Nc1ccccc1S. The number of para-hydroxylation sites is 1. The second-order valence-electron chi connectivity index (χ2n) is 4.72. The Morgan fingerprint density at radius 1 is 1.16 bits per heavy atom. The van der Waals surface area contributed by atoms with Gasteiger partial charge in [0.25, 0.3) is 0 Å². The van der Waals surface area contributed by atoms with Crippen LogP contribution in [0.1, 0.15) is 46.0 Å². The van der Waals surface area contributed by atoms with Crippen molar-refractivity contribution < 1.29 is 8.42 Å². The van der Waals surface area contributed by atoms with Crippen LogP contribution in [0.3, 0.4) is 0 Å². The van der Waals surface area contributed by atoms with Crippen molar-refractivity contribution in [3.8, 4) is 0 Å². The summed E-state index contributed by atoms with van der Waals surface area (Å²) < 4.78 is 27.5. The van der Waals surface area contributed by atoms with Gasteiger partial charge in [0.2, 0.25) is 10.0 Å². The first kappa shape index (κ1) is 16.4. The molecule has 1 aromatic rings. The lowest BCUT2D eigenvalue weighted by atomic mass is 10.1. The normalized spacial score (nSPS) is 13.2. The largest absolute Gasteiger partial charge is 0.282 e. The van der Waals surface area contributed by atoms with E-state index in [0.717, 1.165) is 19.3 Å². The average Bonchev–Trinajstić information content (AvgIpc) is 2.37. The van der Waals surface area contributed by atoms with Crippen molar-refractivity contribution in [2.75, 3.05) is 4.72 Å². The summed E-state index contributed by atoms with van der Waals surface area (Å²) >= 11 is 4.27. The predicted octanol–water partition coefficient (Wildman–Crippen LogP) is 4.08. The van der Waals surface area contributed by atoms with E-state index in [4.69, 9.17) is 0 Å². The topological polar surface area (TPSA) is 46.2 Å². The quantitative estimate of drug-likeness (QED) is 0.711. The van der Waals surface area contributed by atoms with Crippen molar-refractivity contribution >= 4 is 28.3 Å². The lowest BCUT2D eigenvalue weighted by Crippen LogP contribution is -2.28. The third-order valence-corrected chi connectivity index (χ3v) is 5.33. The molecule has 0 saturated carbocycles. The first-order chi connectivity index (χ1) is 9.01. The standard InChI is InChI=1S/C14H23NO2S2/c1-3-5-9-12(8-4-2)19(16,17)15-13-10-6-7-11-14(13)18/h6-7,10-12,15,18H,3-5,8-9H2,1-2H3. The number of hydrogen-bond acceptors (Lipinski definition) is 3. The second-order valence-corrected chi connectivity index (χ2v) is 7.16. The van der Waals surface area contributed by atoms with Crippen molar-refractivity contribution in [1.29, 1.82) is 0 Å². The Balaban J connectivity index is 2.85. The molecule has 5 heteroatoms. The zero-order valence-corrected chi connectivity index (χ0v) is 13.3. The molecule has 0 aliphatic carbocycles. The van der Waals surface area contributed by atoms with Gasteiger partial charge < -0.3 is 0 Å². The average molecular weight is 301 g/mol. The third kappa shape index (κ3) is 5.07. The Kier molecular flexibility index (Phi) is 6.72. The molecule has 0 saturated heterocycles. The monoisotopic (exact) mass is 301 g/mol. The molecule has 0 aromatic heterocycles. The van der Waals surface area contributed by atoms with Crippen LogP contribution < -0.4 is 4.72 Å². The summed E-state index contributed by atoms with van der Waals surface area (Å²) in [7, 11) is -3.33. The third-order valence-electron chi connectivity index (χ3n) is 3.09. The predicted molar refractivity (Wildman–Crippen MR) is 84.5 cm³/mol. The van der Waals surface area contributed by atoms with Gasteiger partial charge in [0.05, 0.1) is 10.9 Å². The van der Waals surface area contributed by atoms with E-state index in [9.17, 15) is 8.42 Å². The number of benzene rings is 1. The fourth-order valence-corrected chi connectivity index (χ4v) is 3.97. The van der Waals surface area contributed by atoms with Gasteiger partial charge in [-0.1, -0.05) is 45.2 Å². The molecule has 108 valence electrons. The Labute approximate surface area is 122 Å². The van der Waals surface area contributed by atoms with Crippen LogP contribution in [0.2, 0.25) is 0 Å². The molecule has 1 unspecified atom stereocenters. The smallest absolute Gasteiger partial charge is 0.235 e. The highest BCUT2D eigenvalue weighted by atomic mass is 32.2. The van der Waals surface area contributed by atoms with Crippen LogP contribution in [-0.2, 0) is 10.0 Å². The molecule has 3 nitrogen and oxygen atoms in total. The molecule has 0 amide bonds. The van der Waals surface area contributed by atoms with Crippen molar-refractivity contribution in [2.45, 2.75) is 56.1 Å². The number of nitrogens with one attached hydrogen (secondary N) is 1. The van der Waals surface area contributed by atoms with E-state index in [0.29, 0.717) is 23.4 Å². The number of rotatable bonds is 8. The highest BCUT2D eigenvalue weighted by Crippen LogP contribution is 2.24. The van der Waals surface area contributed by atoms with Crippen LogP contribution in [0, 0.1) is 0 Å². The van der Waals surface area contributed by atoms with Gasteiger partial charge >= 0.3 is 0 Å². The van der Waals surface area contributed by atoms with Gasteiger partial charge in [0.1, 0.15) is 0 Å². The van der Waals surface area contributed by atoms with E-state index < -0.39 is 10.0 Å². The molecule has 0 fully saturated rings. The molecule has 0 radical (unpaired) electrons. The molecule has 0 aliphatic heterocycles. The number of unbranched alkanes of at least 4 members (excludes halogenated alkanes) is 1. The minimum Gasteiger partial charge on any atom is -0.282 e. The zero-order valence-electron chi connectivity index (χ0n) is 11.6. The summed E-state index contributed by atoms with van der Waals surface area (Å²) in [5, 5.41) is -0.314. The van der Waals surface area contributed by atoms with Crippen molar-refractivity contribution in [2.24, 2.45) is 0 Å². The molecule has 0 spiro atoms. The maximum absolute atomic E-state index is 12.4. The number of thiol groups is 1. The van der Waals surface area contributed by atoms with Crippen LogP contribution in [0.5, 0.6) is 0 Å². The number of anilines is 1. The number of sulfonamides is 1. The van der Waals surface area contributed by atoms with Gasteiger partial charge in [-0.2, -0.15) is 0 Å². The van der Waals surface area contributed by atoms with Crippen LogP contribution in [-0.4, -0.2) is 13.7 Å². The van der Waals surface area contributed by atoms with Crippen molar-refractivity contribution in [1.82, 2.24) is 0 Å². The Morgan fingerprint density at radius 2 is 1.84 bits per heavy atom. The van der Waals surface area contributed by atoms with Gasteiger partial charge in [-0.3, -0.25) is 4.72 Å². The summed E-state index contributed by atoms with van der Waals surface area (Å²) in [5.74, 6) is 0. The molecule has 1 rings (SSSR count). The van der Waals surface area contributed by atoms with E-state index in [2.05, 4.69) is 24.3 Å². The lowest BCUT2D eigenvalue weighted by molar-refractivity contribution is 0.552. The molecule has 19 heavy (non-hydrogen) atoms. The van der Waals surface area contributed by atoms with Crippen molar-refractivity contribution in [3.63, 3.8) is 0 Å².